The van der Waals surface area contributed by atoms with E-state index in [-0.39, 0.29) is 6.17 Å². The molecular weight excluding hydrogens is 447 g/mol. The van der Waals surface area contributed by atoms with E-state index in [1.54, 1.807) is 25.7 Å². The standard InChI is InChI=1S/C22H27ClF3N3O3/c1-5-17-27-19(23)18-15(28(10-11-29(17)18)21(30)32-22(2,3)4)8-6-13-7-9-16(14(24)12-13)31-20(25)26/h7,9,12,17,20H,5-6,8,10-11H2,1-4H3. The number of fused-ring (bicyclic) bond motifs is 1. The van der Waals surface area contributed by atoms with Crippen molar-refractivity contribution in [1.29, 1.82) is 0 Å². The van der Waals surface area contributed by atoms with E-state index in [1.165, 1.54) is 12.1 Å². The first-order chi connectivity index (χ1) is 15.0. The van der Waals surface area contributed by atoms with Gasteiger partial charge in [0.15, 0.2) is 16.7 Å². The second kappa shape index (κ2) is 9.60. The molecule has 2 aliphatic heterocycles. The Kier molecular flexibility index (Phi) is 7.27. The van der Waals surface area contributed by atoms with Gasteiger partial charge in [0, 0.05) is 13.1 Å². The average Bonchev–Trinajstić information content (AvgIpc) is 3.02. The molecule has 1 aromatic rings. The highest BCUT2D eigenvalue weighted by Crippen LogP contribution is 2.35. The van der Waals surface area contributed by atoms with Gasteiger partial charge in [-0.25, -0.2) is 14.2 Å². The lowest BCUT2D eigenvalue weighted by Crippen LogP contribution is -2.47. The smallest absolute Gasteiger partial charge is 0.414 e. The van der Waals surface area contributed by atoms with E-state index >= 15 is 0 Å². The molecule has 3 rings (SSSR count). The number of hydrogen-bond donors (Lipinski definition) is 0. The van der Waals surface area contributed by atoms with E-state index in [4.69, 9.17) is 16.3 Å². The minimum absolute atomic E-state index is 0.100. The van der Waals surface area contributed by atoms with Crippen LogP contribution in [0, 0.1) is 5.82 Å². The van der Waals surface area contributed by atoms with E-state index in [9.17, 15) is 18.0 Å². The Balaban J connectivity index is 1.88. The number of nitrogens with zero attached hydrogens (tertiary/aromatic N) is 3. The fraction of sp³-hybridized carbons (Fsp3) is 0.545. The molecule has 0 N–H and O–H groups in total. The molecule has 1 aromatic carbocycles. The van der Waals surface area contributed by atoms with Gasteiger partial charge in [-0.15, -0.1) is 0 Å². The van der Waals surface area contributed by atoms with Gasteiger partial charge in [0.1, 0.15) is 11.8 Å². The van der Waals surface area contributed by atoms with E-state index in [2.05, 4.69) is 14.6 Å². The molecule has 1 unspecified atom stereocenters. The first-order valence-corrected chi connectivity index (χ1v) is 10.8. The number of allylic oxidation sites excluding steroid dienone is 2. The summed E-state index contributed by atoms with van der Waals surface area (Å²) in [5.41, 5.74) is 1.21. The molecule has 0 radical (unpaired) electrons. The van der Waals surface area contributed by atoms with Gasteiger partial charge < -0.3 is 14.4 Å². The van der Waals surface area contributed by atoms with E-state index < -0.39 is 29.9 Å². The maximum absolute atomic E-state index is 14.1. The van der Waals surface area contributed by atoms with Gasteiger partial charge in [-0.2, -0.15) is 8.78 Å². The van der Waals surface area contributed by atoms with Gasteiger partial charge in [0.25, 0.3) is 0 Å². The monoisotopic (exact) mass is 473 g/mol. The molecule has 32 heavy (non-hydrogen) atoms. The molecule has 0 aliphatic carbocycles. The van der Waals surface area contributed by atoms with Crippen LogP contribution in [0.15, 0.2) is 34.6 Å². The van der Waals surface area contributed by atoms with Crippen molar-refractivity contribution in [3.8, 4) is 5.75 Å². The van der Waals surface area contributed by atoms with Crippen LogP contribution in [0.25, 0.3) is 0 Å². The molecule has 0 saturated carbocycles. The van der Waals surface area contributed by atoms with E-state index in [0.29, 0.717) is 48.1 Å². The number of aryl methyl sites for hydroxylation is 1. The molecule has 2 aliphatic rings. The van der Waals surface area contributed by atoms with Crippen LogP contribution in [0.1, 0.15) is 46.1 Å². The van der Waals surface area contributed by atoms with Crippen LogP contribution in [0.3, 0.4) is 0 Å². The summed E-state index contributed by atoms with van der Waals surface area (Å²) in [6.45, 7) is 5.23. The predicted octanol–water partition coefficient (Wildman–Crippen LogP) is 5.51. The third-order valence-corrected chi connectivity index (χ3v) is 5.39. The summed E-state index contributed by atoms with van der Waals surface area (Å²) in [5, 5.41) is 0.326. The van der Waals surface area contributed by atoms with E-state index in [1.807, 2.05) is 6.92 Å². The van der Waals surface area contributed by atoms with E-state index in [0.717, 1.165) is 12.5 Å². The quantitative estimate of drug-likeness (QED) is 0.546. The van der Waals surface area contributed by atoms with Crippen LogP contribution >= 0.6 is 11.6 Å². The lowest BCUT2D eigenvalue weighted by molar-refractivity contribution is -0.0522. The minimum atomic E-state index is -3.10. The zero-order valence-corrected chi connectivity index (χ0v) is 19.3. The van der Waals surface area contributed by atoms with Gasteiger partial charge >= 0.3 is 12.7 Å². The number of hydrogen-bond acceptors (Lipinski definition) is 5. The summed E-state index contributed by atoms with van der Waals surface area (Å²) in [6.07, 6.45) is 0.865. The number of halogens is 4. The van der Waals surface area contributed by atoms with Gasteiger partial charge in [-0.3, -0.25) is 4.90 Å². The molecule has 0 spiro atoms. The molecule has 10 heteroatoms. The Morgan fingerprint density at radius 1 is 1.28 bits per heavy atom. The maximum atomic E-state index is 14.1. The summed E-state index contributed by atoms with van der Waals surface area (Å²) < 4.78 is 48.6. The number of ether oxygens (including phenoxy) is 2. The van der Waals surface area contributed by atoms with Crippen molar-refractivity contribution in [2.45, 2.75) is 65.3 Å². The highest BCUT2D eigenvalue weighted by atomic mass is 35.5. The summed E-state index contributed by atoms with van der Waals surface area (Å²) in [7, 11) is 0. The zero-order chi connectivity index (χ0) is 23.6. The van der Waals surface area contributed by atoms with Crippen molar-refractivity contribution in [3.63, 3.8) is 0 Å². The van der Waals surface area contributed by atoms with Crippen molar-refractivity contribution in [2.24, 2.45) is 4.99 Å². The topological polar surface area (TPSA) is 54.4 Å². The van der Waals surface area contributed by atoms with Gasteiger partial charge in [-0.1, -0.05) is 24.6 Å². The maximum Gasteiger partial charge on any atom is 0.414 e. The van der Waals surface area contributed by atoms with Crippen LogP contribution in [0.5, 0.6) is 5.75 Å². The van der Waals surface area contributed by atoms with Crippen molar-refractivity contribution < 1.29 is 27.4 Å². The Morgan fingerprint density at radius 2 is 2.00 bits per heavy atom. The number of benzene rings is 1. The number of aliphatic imine (C=N–C) groups is 1. The fourth-order valence-corrected chi connectivity index (χ4v) is 4.11. The van der Waals surface area contributed by atoms with Gasteiger partial charge in [0.2, 0.25) is 0 Å². The fourth-order valence-electron chi connectivity index (χ4n) is 3.78. The molecule has 0 aromatic heterocycles. The number of carbonyl (C=O) groups is 1. The third kappa shape index (κ3) is 5.49. The summed E-state index contributed by atoms with van der Waals surface area (Å²) in [6, 6.07) is 3.84. The SMILES string of the molecule is CCC1N=C(Cl)C2=C(CCc3ccc(OC(F)F)c(F)c3)N(C(=O)OC(C)(C)C)CCN21. The second-order valence-electron chi connectivity index (χ2n) is 8.57. The normalized spacial score (nSPS) is 18.8. The molecule has 1 amide bonds. The van der Waals surface area contributed by atoms with Gasteiger partial charge in [0.05, 0.1) is 11.4 Å². The molecular formula is C22H27ClF3N3O3. The molecule has 0 fully saturated rings. The van der Waals surface area contributed by atoms with Crippen LogP contribution in [0.4, 0.5) is 18.0 Å². The third-order valence-electron chi connectivity index (χ3n) is 5.11. The molecule has 0 bridgehead atoms. The Labute approximate surface area is 190 Å². The first-order valence-electron chi connectivity index (χ1n) is 10.5. The average molecular weight is 474 g/mol. The summed E-state index contributed by atoms with van der Waals surface area (Å²) in [5.74, 6) is -1.39. The second-order valence-corrected chi connectivity index (χ2v) is 8.93. The number of rotatable bonds is 6. The van der Waals surface area contributed by atoms with Gasteiger partial charge in [-0.05, 0) is 57.7 Å². The summed E-state index contributed by atoms with van der Waals surface area (Å²) in [4.78, 5) is 21.0. The molecule has 176 valence electrons. The number of alkyl halides is 2. The highest BCUT2D eigenvalue weighted by molar-refractivity contribution is 6.69. The minimum Gasteiger partial charge on any atom is -0.443 e. The van der Waals surface area contributed by atoms with Crippen molar-refractivity contribution in [1.82, 2.24) is 9.80 Å². The molecule has 2 heterocycles. The van der Waals surface area contributed by atoms with Crippen LogP contribution in [-0.4, -0.2) is 52.5 Å². The number of carbonyl (C=O) groups excluding carboxylic acids is 1. The van der Waals surface area contributed by atoms with Crippen molar-refractivity contribution >= 4 is 22.9 Å². The predicted molar refractivity (Wildman–Crippen MR) is 115 cm³/mol. The molecule has 1 atom stereocenters. The van der Waals surface area contributed by atoms with Crippen molar-refractivity contribution in [3.05, 3.63) is 41.0 Å². The first kappa shape index (κ1) is 24.2. The van der Waals surface area contributed by atoms with Crippen LogP contribution in [0.2, 0.25) is 0 Å². The Bertz CT molecular complexity index is 931. The van der Waals surface area contributed by atoms with Crippen molar-refractivity contribution in [2.75, 3.05) is 13.1 Å². The Morgan fingerprint density at radius 3 is 2.59 bits per heavy atom. The lowest BCUT2D eigenvalue weighted by Gasteiger charge is -2.39. The molecule has 0 saturated heterocycles. The lowest BCUT2D eigenvalue weighted by atomic mass is 10.0. The Hall–Kier alpha value is -2.42. The zero-order valence-electron chi connectivity index (χ0n) is 18.5. The summed E-state index contributed by atoms with van der Waals surface area (Å²) >= 11 is 6.46. The number of amides is 1. The highest BCUT2D eigenvalue weighted by Gasteiger charge is 2.39. The van der Waals surface area contributed by atoms with Crippen LogP contribution in [-0.2, 0) is 11.2 Å². The van der Waals surface area contributed by atoms with Crippen LogP contribution < -0.4 is 4.74 Å². The largest absolute Gasteiger partial charge is 0.443 e. The molecule has 6 nitrogen and oxygen atoms in total.